The van der Waals surface area contributed by atoms with Gasteiger partial charge >= 0.3 is 12.1 Å². The van der Waals surface area contributed by atoms with Gasteiger partial charge in [0.1, 0.15) is 0 Å². The molecule has 152 valence electrons. The van der Waals surface area contributed by atoms with E-state index in [0.29, 0.717) is 16.1 Å². The summed E-state index contributed by atoms with van der Waals surface area (Å²) in [6.45, 7) is 0.156. The molecule has 6 nitrogen and oxygen atoms in total. The maximum Gasteiger partial charge on any atom is 0.471 e. The quantitative estimate of drug-likeness (QED) is 0.542. The normalized spacial score (nSPS) is 11.5. The number of halogens is 4. The Hall–Kier alpha value is -2.91. The average molecular weight is 426 g/mol. The second-order valence-electron chi connectivity index (χ2n) is 6.03. The van der Waals surface area contributed by atoms with Crippen LogP contribution in [0, 0.1) is 0 Å². The zero-order chi connectivity index (χ0) is 21.0. The number of alkyl halides is 3. The summed E-state index contributed by atoms with van der Waals surface area (Å²) in [6, 6.07) is 13.3. The van der Waals surface area contributed by atoms with Crippen LogP contribution in [0.25, 0.3) is 11.4 Å². The van der Waals surface area contributed by atoms with E-state index in [9.17, 15) is 18.0 Å². The van der Waals surface area contributed by atoms with Crippen molar-refractivity contribution in [3.05, 3.63) is 70.6 Å². The fourth-order valence-electron chi connectivity index (χ4n) is 2.50. The van der Waals surface area contributed by atoms with E-state index >= 15 is 0 Å². The highest BCUT2D eigenvalue weighted by Gasteiger charge is 2.38. The molecule has 0 aliphatic carbocycles. The summed E-state index contributed by atoms with van der Waals surface area (Å²) in [7, 11) is 1.38. The molecule has 0 N–H and O–H groups in total. The first-order valence-electron chi connectivity index (χ1n) is 8.35. The summed E-state index contributed by atoms with van der Waals surface area (Å²) >= 11 is 5.84. The van der Waals surface area contributed by atoms with Crippen molar-refractivity contribution in [1.29, 1.82) is 0 Å². The van der Waals surface area contributed by atoms with Gasteiger partial charge in [-0.25, -0.2) is 5.06 Å². The minimum atomic E-state index is -4.70. The zero-order valence-electron chi connectivity index (χ0n) is 15.1. The molecule has 0 spiro atoms. The summed E-state index contributed by atoms with van der Waals surface area (Å²) in [4.78, 5) is 20.9. The number of nitrogens with zero attached hydrogens (tertiary/aromatic N) is 3. The van der Waals surface area contributed by atoms with Gasteiger partial charge in [-0.2, -0.15) is 18.2 Å². The van der Waals surface area contributed by atoms with Crippen molar-refractivity contribution >= 4 is 17.5 Å². The van der Waals surface area contributed by atoms with Crippen LogP contribution < -0.4 is 0 Å². The van der Waals surface area contributed by atoms with Crippen LogP contribution in [0.3, 0.4) is 0 Å². The van der Waals surface area contributed by atoms with E-state index in [1.54, 1.807) is 36.4 Å². The molecule has 1 aromatic heterocycles. The molecule has 0 aliphatic rings. The monoisotopic (exact) mass is 425 g/mol. The highest BCUT2D eigenvalue weighted by Crippen LogP contribution is 2.29. The molecule has 0 fully saturated rings. The lowest BCUT2D eigenvalue weighted by molar-refractivity contribution is -0.178. The van der Waals surface area contributed by atoms with Crippen LogP contribution in [0.2, 0.25) is 5.02 Å². The largest absolute Gasteiger partial charge is 0.471 e. The molecule has 0 saturated heterocycles. The van der Waals surface area contributed by atoms with E-state index in [0.717, 1.165) is 5.56 Å². The molecule has 3 aromatic rings. The number of amides is 1. The van der Waals surface area contributed by atoms with Gasteiger partial charge in [0.05, 0.1) is 20.1 Å². The fraction of sp³-hybridized carbons (Fsp3) is 0.211. The van der Waals surface area contributed by atoms with Crippen molar-refractivity contribution in [3.8, 4) is 11.4 Å². The van der Waals surface area contributed by atoms with Crippen LogP contribution in [-0.4, -0.2) is 28.2 Å². The molecule has 2 aromatic carbocycles. The molecular weight excluding hydrogens is 411 g/mol. The van der Waals surface area contributed by atoms with Crippen molar-refractivity contribution < 1.29 is 27.3 Å². The lowest BCUT2D eigenvalue weighted by Crippen LogP contribution is -2.30. The van der Waals surface area contributed by atoms with Gasteiger partial charge in [0.2, 0.25) is 5.82 Å². The summed E-state index contributed by atoms with van der Waals surface area (Å²) in [5, 5.41) is 5.11. The SMILES string of the molecule is CON(Cc1ccc(-c2noc(C(F)(F)F)n2)cc1)C(=O)Cc1ccc(Cl)cc1. The van der Waals surface area contributed by atoms with Gasteiger partial charge in [0.25, 0.3) is 5.91 Å². The van der Waals surface area contributed by atoms with Crippen molar-refractivity contribution in [1.82, 2.24) is 15.2 Å². The lowest BCUT2D eigenvalue weighted by atomic mass is 10.1. The average Bonchev–Trinajstić information content (AvgIpc) is 3.19. The Kier molecular flexibility index (Phi) is 6.19. The summed E-state index contributed by atoms with van der Waals surface area (Å²) < 4.78 is 41.9. The Balaban J connectivity index is 1.66. The van der Waals surface area contributed by atoms with Crippen LogP contribution in [0.5, 0.6) is 0 Å². The topological polar surface area (TPSA) is 68.5 Å². The molecule has 0 atom stereocenters. The van der Waals surface area contributed by atoms with Crippen LogP contribution in [0.1, 0.15) is 17.0 Å². The van der Waals surface area contributed by atoms with Gasteiger partial charge in [-0.05, 0) is 23.3 Å². The predicted octanol–water partition coefficient (Wildman–Crippen LogP) is 4.54. The van der Waals surface area contributed by atoms with E-state index in [2.05, 4.69) is 14.7 Å². The zero-order valence-corrected chi connectivity index (χ0v) is 15.9. The van der Waals surface area contributed by atoms with Gasteiger partial charge < -0.3 is 4.52 Å². The third-order valence-corrected chi connectivity index (χ3v) is 4.23. The molecule has 29 heavy (non-hydrogen) atoms. The van der Waals surface area contributed by atoms with E-state index in [4.69, 9.17) is 16.4 Å². The van der Waals surface area contributed by atoms with Crippen LogP contribution in [0.15, 0.2) is 53.1 Å². The number of rotatable bonds is 6. The number of carbonyl (C=O) groups is 1. The Morgan fingerprint density at radius 1 is 1.10 bits per heavy atom. The van der Waals surface area contributed by atoms with Crippen molar-refractivity contribution in [3.63, 3.8) is 0 Å². The molecule has 3 rings (SSSR count). The molecular formula is C19H15ClF3N3O3. The minimum absolute atomic E-state index is 0.131. The Labute approximate surface area is 168 Å². The maximum atomic E-state index is 12.6. The summed E-state index contributed by atoms with van der Waals surface area (Å²) in [5.74, 6) is -1.84. The number of hydrogen-bond acceptors (Lipinski definition) is 5. The minimum Gasteiger partial charge on any atom is -0.329 e. The predicted molar refractivity (Wildman–Crippen MR) is 97.5 cm³/mol. The number of aromatic nitrogens is 2. The highest BCUT2D eigenvalue weighted by atomic mass is 35.5. The number of benzene rings is 2. The maximum absolute atomic E-state index is 12.6. The molecule has 0 aliphatic heterocycles. The van der Waals surface area contributed by atoms with Gasteiger partial charge in [-0.1, -0.05) is 53.2 Å². The smallest absolute Gasteiger partial charge is 0.329 e. The third-order valence-electron chi connectivity index (χ3n) is 3.97. The molecule has 0 radical (unpaired) electrons. The lowest BCUT2D eigenvalue weighted by Gasteiger charge is -2.20. The first-order valence-corrected chi connectivity index (χ1v) is 8.73. The van der Waals surface area contributed by atoms with Gasteiger partial charge in [0, 0.05) is 10.6 Å². The van der Waals surface area contributed by atoms with E-state index in [-0.39, 0.29) is 24.7 Å². The first-order chi connectivity index (χ1) is 13.8. The number of hydrogen-bond donors (Lipinski definition) is 0. The standard InChI is InChI=1S/C19H15ClF3N3O3/c1-28-26(16(27)10-12-4-8-15(20)9-5-12)11-13-2-6-14(7-3-13)17-24-18(29-25-17)19(21,22)23/h2-9H,10-11H2,1H3. The van der Waals surface area contributed by atoms with Crippen LogP contribution >= 0.6 is 11.6 Å². The third kappa shape index (κ3) is 5.33. The van der Waals surface area contributed by atoms with Crippen molar-refractivity contribution in [2.45, 2.75) is 19.1 Å². The van der Waals surface area contributed by atoms with E-state index in [1.165, 1.54) is 24.3 Å². The molecule has 1 amide bonds. The van der Waals surface area contributed by atoms with Crippen LogP contribution in [-0.2, 0) is 28.8 Å². The van der Waals surface area contributed by atoms with Crippen molar-refractivity contribution in [2.24, 2.45) is 0 Å². The number of carbonyl (C=O) groups excluding carboxylic acids is 1. The number of hydroxylamine groups is 2. The Bertz CT molecular complexity index is 973. The molecule has 10 heteroatoms. The van der Waals surface area contributed by atoms with Gasteiger partial charge in [-0.3, -0.25) is 9.63 Å². The second kappa shape index (κ2) is 8.62. The second-order valence-corrected chi connectivity index (χ2v) is 6.47. The molecule has 0 saturated carbocycles. The molecule has 0 unspecified atom stereocenters. The Morgan fingerprint density at radius 3 is 2.28 bits per heavy atom. The van der Waals surface area contributed by atoms with Crippen molar-refractivity contribution in [2.75, 3.05) is 7.11 Å². The van der Waals surface area contributed by atoms with Gasteiger partial charge in [0.15, 0.2) is 0 Å². The first kappa shape index (κ1) is 20.8. The molecule has 0 bridgehead atoms. The van der Waals surface area contributed by atoms with E-state index in [1.807, 2.05) is 0 Å². The molecule has 1 heterocycles. The Morgan fingerprint density at radius 2 is 1.72 bits per heavy atom. The summed E-state index contributed by atoms with van der Waals surface area (Å²) in [6.07, 6.45) is -4.57. The summed E-state index contributed by atoms with van der Waals surface area (Å²) in [5.41, 5.74) is 1.85. The highest BCUT2D eigenvalue weighted by molar-refractivity contribution is 6.30. The van der Waals surface area contributed by atoms with E-state index < -0.39 is 12.1 Å². The fourth-order valence-corrected chi connectivity index (χ4v) is 2.63. The van der Waals surface area contributed by atoms with Crippen LogP contribution in [0.4, 0.5) is 13.2 Å². The van der Waals surface area contributed by atoms with Gasteiger partial charge in [-0.15, -0.1) is 0 Å².